The average molecular weight is 385 g/mol. The number of rotatable bonds is 5. The summed E-state index contributed by atoms with van der Waals surface area (Å²) < 4.78 is 61.8. The smallest absolute Gasteiger partial charge is 0.367 e. The van der Waals surface area contributed by atoms with Crippen LogP contribution in [-0.2, 0) is 23.0 Å². The van der Waals surface area contributed by atoms with Crippen molar-refractivity contribution in [2.45, 2.75) is 25.2 Å². The molecule has 0 saturated carbocycles. The van der Waals surface area contributed by atoms with E-state index in [0.29, 0.717) is 5.56 Å². The summed E-state index contributed by atoms with van der Waals surface area (Å²) in [7, 11) is -2.47. The van der Waals surface area contributed by atoms with Gasteiger partial charge in [0.15, 0.2) is 5.75 Å². The molecule has 1 aliphatic heterocycles. The maximum atomic E-state index is 12.3. The van der Waals surface area contributed by atoms with Gasteiger partial charge in [0.25, 0.3) is 0 Å². The van der Waals surface area contributed by atoms with E-state index in [-0.39, 0.29) is 12.6 Å². The quantitative estimate of drug-likeness (QED) is 0.860. The number of alkyl halides is 3. The van der Waals surface area contributed by atoms with Crippen LogP contribution in [0.25, 0.3) is 0 Å². The minimum atomic E-state index is -4.77. The molecule has 2 aromatic rings. The van der Waals surface area contributed by atoms with Gasteiger partial charge in [-0.05, 0) is 35.2 Å². The van der Waals surface area contributed by atoms with Crippen LogP contribution in [0.5, 0.6) is 0 Å². The second-order valence-electron chi connectivity index (χ2n) is 6.28. The molecule has 140 valence electrons. The molecule has 0 aliphatic carbocycles. The summed E-state index contributed by atoms with van der Waals surface area (Å²) >= 11 is 0. The lowest BCUT2D eigenvalue weighted by Gasteiger charge is -2.23. The third kappa shape index (κ3) is 4.34. The van der Waals surface area contributed by atoms with Gasteiger partial charge in [-0.25, -0.2) is 13.1 Å². The highest BCUT2D eigenvalue weighted by molar-refractivity contribution is 7.89. The Balaban J connectivity index is 1.72. The summed E-state index contributed by atoms with van der Waals surface area (Å²) in [6.45, 7) is -0.233. The first kappa shape index (κ1) is 18.7. The Morgan fingerprint density at radius 3 is 2.69 bits per heavy atom. The number of likely N-dealkylation sites (N-methyl/N-ethyl adjacent to an activating group) is 1. The zero-order chi connectivity index (χ0) is 18.9. The summed E-state index contributed by atoms with van der Waals surface area (Å²) in [5.74, 6) is -1.90. The van der Waals surface area contributed by atoms with Gasteiger partial charge in [-0.15, -0.1) is 0 Å². The van der Waals surface area contributed by atoms with Crippen LogP contribution < -0.4 is 9.62 Å². The molecule has 9 heteroatoms. The molecule has 1 aromatic heterocycles. The number of para-hydroxylation sites is 1. The standard InChI is InChI=1S/C17H18F3N3O2S/c1-23-15-5-3-2-4-13(15)7-16(23)14-6-12(8-21-10-14)9-22-26(24,25)11-17(18,19)20/h2-6,8,10,16,22H,7,9,11H2,1H3. The van der Waals surface area contributed by atoms with Gasteiger partial charge in [-0.3, -0.25) is 4.98 Å². The van der Waals surface area contributed by atoms with Gasteiger partial charge in [0.05, 0.1) is 6.04 Å². The van der Waals surface area contributed by atoms with Crippen molar-refractivity contribution in [3.8, 4) is 0 Å². The molecule has 0 fully saturated rings. The molecular formula is C17H18F3N3O2S. The number of hydrogen-bond donors (Lipinski definition) is 1. The first-order valence-corrected chi connectivity index (χ1v) is 9.58. The number of pyridine rings is 1. The monoisotopic (exact) mass is 385 g/mol. The molecule has 1 aliphatic rings. The van der Waals surface area contributed by atoms with E-state index in [0.717, 1.165) is 17.7 Å². The third-order valence-corrected chi connectivity index (χ3v) is 5.59. The first-order chi connectivity index (χ1) is 12.1. The van der Waals surface area contributed by atoms with Crippen molar-refractivity contribution in [1.29, 1.82) is 0 Å². The number of sulfonamides is 1. The summed E-state index contributed by atoms with van der Waals surface area (Å²) in [5, 5.41) is 0. The number of benzene rings is 1. The molecule has 0 amide bonds. The molecule has 0 spiro atoms. The van der Waals surface area contributed by atoms with E-state index in [1.54, 1.807) is 12.3 Å². The molecule has 1 atom stereocenters. The summed E-state index contributed by atoms with van der Waals surface area (Å²) in [6.07, 6.45) is -0.843. The average Bonchev–Trinajstić information content (AvgIpc) is 2.89. The molecule has 0 radical (unpaired) electrons. The van der Waals surface area contributed by atoms with Gasteiger partial charge in [0, 0.05) is 31.7 Å². The van der Waals surface area contributed by atoms with Crippen LogP contribution in [-0.4, -0.2) is 32.4 Å². The van der Waals surface area contributed by atoms with Crippen LogP contribution in [0.3, 0.4) is 0 Å². The molecule has 0 saturated heterocycles. The molecule has 5 nitrogen and oxygen atoms in total. The first-order valence-electron chi connectivity index (χ1n) is 7.93. The van der Waals surface area contributed by atoms with Gasteiger partial charge >= 0.3 is 6.18 Å². The van der Waals surface area contributed by atoms with E-state index in [4.69, 9.17) is 0 Å². The third-order valence-electron chi connectivity index (χ3n) is 4.30. The molecule has 1 unspecified atom stereocenters. The molecule has 1 aromatic carbocycles. The SMILES string of the molecule is CN1c2ccccc2CC1c1cncc(CNS(=O)(=O)CC(F)(F)F)c1. The summed E-state index contributed by atoms with van der Waals surface area (Å²) in [5.41, 5.74) is 3.72. The number of fused-ring (bicyclic) bond motifs is 1. The van der Waals surface area contributed by atoms with E-state index < -0.39 is 22.0 Å². The van der Waals surface area contributed by atoms with E-state index >= 15 is 0 Å². The number of nitrogens with zero attached hydrogens (tertiary/aromatic N) is 2. The predicted molar refractivity (Wildman–Crippen MR) is 92.2 cm³/mol. The largest absolute Gasteiger partial charge is 0.404 e. The Morgan fingerprint density at radius 2 is 2.00 bits per heavy atom. The highest BCUT2D eigenvalue weighted by Gasteiger charge is 2.35. The van der Waals surface area contributed by atoms with Gasteiger partial charge in [-0.1, -0.05) is 18.2 Å². The Labute approximate surface area is 149 Å². The Kier molecular flexibility index (Phi) is 4.94. The second-order valence-corrected chi connectivity index (χ2v) is 8.09. The van der Waals surface area contributed by atoms with Gasteiger partial charge in [0.2, 0.25) is 10.0 Å². The molecule has 3 rings (SSSR count). The Morgan fingerprint density at radius 1 is 1.27 bits per heavy atom. The van der Waals surface area contributed by atoms with Crippen molar-refractivity contribution in [1.82, 2.24) is 9.71 Å². The maximum absolute atomic E-state index is 12.3. The number of hydrogen-bond acceptors (Lipinski definition) is 4. The Bertz CT molecular complexity index is 900. The zero-order valence-corrected chi connectivity index (χ0v) is 14.8. The van der Waals surface area contributed by atoms with Crippen LogP contribution >= 0.6 is 0 Å². The number of anilines is 1. The lowest BCUT2D eigenvalue weighted by molar-refractivity contribution is -0.106. The lowest BCUT2D eigenvalue weighted by Crippen LogP contribution is -2.33. The number of aromatic nitrogens is 1. The lowest BCUT2D eigenvalue weighted by atomic mass is 10.0. The highest BCUT2D eigenvalue weighted by atomic mass is 32.2. The minimum absolute atomic E-state index is 0.0478. The van der Waals surface area contributed by atoms with Gasteiger partial charge in [-0.2, -0.15) is 13.2 Å². The van der Waals surface area contributed by atoms with E-state index in [1.807, 2.05) is 36.0 Å². The summed E-state index contributed by atoms with van der Waals surface area (Å²) in [4.78, 5) is 6.23. The fourth-order valence-corrected chi connectivity index (χ4v) is 4.05. The van der Waals surface area contributed by atoms with Crippen molar-refractivity contribution in [2.24, 2.45) is 0 Å². The molecule has 2 heterocycles. The highest BCUT2D eigenvalue weighted by Crippen LogP contribution is 2.38. The van der Waals surface area contributed by atoms with E-state index in [9.17, 15) is 21.6 Å². The van der Waals surface area contributed by atoms with Gasteiger partial charge in [0.1, 0.15) is 0 Å². The van der Waals surface area contributed by atoms with Crippen LogP contribution in [0.15, 0.2) is 42.7 Å². The summed E-state index contributed by atoms with van der Waals surface area (Å²) in [6, 6.07) is 9.83. The molecule has 0 bridgehead atoms. The topological polar surface area (TPSA) is 62.3 Å². The molecule has 1 N–H and O–H groups in total. The zero-order valence-electron chi connectivity index (χ0n) is 14.0. The van der Waals surface area contributed by atoms with E-state index in [2.05, 4.69) is 9.88 Å². The normalized spacial score (nSPS) is 17.4. The van der Waals surface area contributed by atoms with Crippen molar-refractivity contribution in [3.63, 3.8) is 0 Å². The fraction of sp³-hybridized carbons (Fsp3) is 0.353. The molecule has 26 heavy (non-hydrogen) atoms. The minimum Gasteiger partial charge on any atom is -0.367 e. The van der Waals surface area contributed by atoms with Crippen LogP contribution in [0.4, 0.5) is 18.9 Å². The predicted octanol–water partition coefficient (Wildman–Crippen LogP) is 2.80. The molecular weight excluding hydrogens is 367 g/mol. The van der Waals surface area contributed by atoms with Crippen molar-refractivity contribution >= 4 is 15.7 Å². The number of nitrogens with one attached hydrogen (secondary N) is 1. The maximum Gasteiger partial charge on any atom is 0.404 e. The van der Waals surface area contributed by atoms with Crippen molar-refractivity contribution in [2.75, 3.05) is 17.7 Å². The van der Waals surface area contributed by atoms with Gasteiger partial charge < -0.3 is 4.90 Å². The Hall–Kier alpha value is -2.13. The van der Waals surface area contributed by atoms with Crippen LogP contribution in [0.1, 0.15) is 22.7 Å². The van der Waals surface area contributed by atoms with Crippen molar-refractivity contribution in [3.05, 3.63) is 59.4 Å². The van der Waals surface area contributed by atoms with Crippen LogP contribution in [0, 0.1) is 0 Å². The second kappa shape index (κ2) is 6.88. The van der Waals surface area contributed by atoms with E-state index in [1.165, 1.54) is 11.8 Å². The fourth-order valence-electron chi connectivity index (χ4n) is 3.13. The number of halogens is 3. The van der Waals surface area contributed by atoms with Crippen molar-refractivity contribution < 1.29 is 21.6 Å². The van der Waals surface area contributed by atoms with Crippen LogP contribution in [0.2, 0.25) is 0 Å².